The molecule has 0 unspecified atom stereocenters. The number of amides is 2. The molecule has 0 spiro atoms. The normalized spacial score (nSPS) is 18.9. The van der Waals surface area contributed by atoms with Crippen molar-refractivity contribution in [1.82, 2.24) is 20.0 Å². The van der Waals surface area contributed by atoms with Gasteiger partial charge in [0.25, 0.3) is 11.1 Å². The second-order valence-corrected chi connectivity index (χ2v) is 9.45. The van der Waals surface area contributed by atoms with Crippen LogP contribution in [0.15, 0.2) is 47.5 Å². The zero-order valence-corrected chi connectivity index (χ0v) is 19.1. The topological polar surface area (TPSA) is 67.2 Å². The van der Waals surface area contributed by atoms with Gasteiger partial charge in [0.1, 0.15) is 5.82 Å². The number of imide groups is 1. The van der Waals surface area contributed by atoms with Crippen molar-refractivity contribution in [3.63, 3.8) is 0 Å². The molecule has 35 heavy (non-hydrogen) atoms. The number of thioether (sulfide) groups is 1. The standard InChI is InChI=1S/C24H20F4N4O2S/c25-17-3-2-15(19(11-17)24(26,27)28)13-31-20-4-1-14(9-16(20)12-30-31)10-21-22(33)32(23(34)35-21)18-5-7-29-8-6-18/h1-4,9-12,18,29H,5-8,13H2/b21-10-. The van der Waals surface area contributed by atoms with Gasteiger partial charge in [-0.05, 0) is 79.2 Å². The first-order chi connectivity index (χ1) is 16.7. The Morgan fingerprint density at radius 2 is 1.89 bits per heavy atom. The molecular formula is C24H20F4N4O2S. The number of benzene rings is 2. The summed E-state index contributed by atoms with van der Waals surface area (Å²) in [4.78, 5) is 27.0. The Balaban J connectivity index is 1.40. The van der Waals surface area contributed by atoms with E-state index in [4.69, 9.17) is 0 Å². The lowest BCUT2D eigenvalue weighted by molar-refractivity contribution is -0.138. The van der Waals surface area contributed by atoms with E-state index in [-0.39, 0.29) is 29.3 Å². The molecule has 0 aliphatic carbocycles. The second-order valence-electron chi connectivity index (χ2n) is 8.45. The Morgan fingerprint density at radius 1 is 1.11 bits per heavy atom. The van der Waals surface area contributed by atoms with Crippen LogP contribution in [0, 0.1) is 5.82 Å². The van der Waals surface area contributed by atoms with Crippen LogP contribution in [0.25, 0.3) is 17.0 Å². The molecule has 0 bridgehead atoms. The molecule has 2 saturated heterocycles. The van der Waals surface area contributed by atoms with Crippen LogP contribution in [0.5, 0.6) is 0 Å². The van der Waals surface area contributed by atoms with Crippen LogP contribution >= 0.6 is 11.8 Å². The second kappa shape index (κ2) is 9.12. The number of nitrogens with one attached hydrogen (secondary N) is 1. The number of rotatable bonds is 4. The summed E-state index contributed by atoms with van der Waals surface area (Å²) in [7, 11) is 0. The Labute approximate surface area is 202 Å². The number of carbonyl (C=O) groups excluding carboxylic acids is 2. The van der Waals surface area contributed by atoms with Crippen molar-refractivity contribution < 1.29 is 27.2 Å². The summed E-state index contributed by atoms with van der Waals surface area (Å²) in [5, 5.41) is 7.80. The molecule has 2 amide bonds. The fraction of sp³-hybridized carbons (Fsp3) is 0.292. The largest absolute Gasteiger partial charge is 0.416 e. The summed E-state index contributed by atoms with van der Waals surface area (Å²) in [5.41, 5.74) is 0.120. The molecule has 1 N–H and O–H groups in total. The lowest BCUT2D eigenvalue weighted by atomic mass is 10.1. The Kier molecular flexibility index (Phi) is 6.14. The molecule has 0 radical (unpaired) electrons. The Hall–Kier alpha value is -3.18. The molecule has 0 atom stereocenters. The average molecular weight is 505 g/mol. The third-order valence-corrected chi connectivity index (χ3v) is 7.04. The lowest BCUT2D eigenvalue weighted by Crippen LogP contribution is -2.45. The molecule has 3 aromatic rings. The number of hydrogen-bond donors (Lipinski definition) is 1. The van der Waals surface area contributed by atoms with E-state index in [2.05, 4.69) is 10.4 Å². The van der Waals surface area contributed by atoms with Gasteiger partial charge in [-0.15, -0.1) is 0 Å². The smallest absolute Gasteiger partial charge is 0.317 e. The molecule has 11 heteroatoms. The first-order valence-electron chi connectivity index (χ1n) is 11.0. The fourth-order valence-electron chi connectivity index (χ4n) is 4.44. The molecule has 2 aliphatic rings. The number of nitrogens with zero attached hydrogens (tertiary/aromatic N) is 3. The third-order valence-electron chi connectivity index (χ3n) is 6.16. The van der Waals surface area contributed by atoms with E-state index in [9.17, 15) is 27.2 Å². The summed E-state index contributed by atoms with van der Waals surface area (Å²) >= 11 is 0.908. The van der Waals surface area contributed by atoms with E-state index in [1.807, 2.05) is 0 Å². The van der Waals surface area contributed by atoms with E-state index in [1.54, 1.807) is 24.3 Å². The van der Waals surface area contributed by atoms with Gasteiger partial charge < -0.3 is 5.32 Å². The highest BCUT2D eigenvalue weighted by molar-refractivity contribution is 8.18. The van der Waals surface area contributed by atoms with Crippen molar-refractivity contribution in [2.45, 2.75) is 31.6 Å². The van der Waals surface area contributed by atoms with Gasteiger partial charge in [-0.2, -0.15) is 18.3 Å². The predicted molar refractivity (Wildman–Crippen MR) is 124 cm³/mol. The van der Waals surface area contributed by atoms with Crippen molar-refractivity contribution in [2.24, 2.45) is 0 Å². The molecule has 2 aliphatic heterocycles. The molecule has 5 rings (SSSR count). The monoisotopic (exact) mass is 504 g/mol. The van der Waals surface area contributed by atoms with Crippen LogP contribution in [0.3, 0.4) is 0 Å². The highest BCUT2D eigenvalue weighted by atomic mass is 32.2. The van der Waals surface area contributed by atoms with E-state index in [0.29, 0.717) is 27.4 Å². The molecule has 1 aromatic heterocycles. The van der Waals surface area contributed by atoms with Crippen molar-refractivity contribution in [3.8, 4) is 0 Å². The third kappa shape index (κ3) is 4.70. The van der Waals surface area contributed by atoms with Gasteiger partial charge >= 0.3 is 6.18 Å². The number of fused-ring (bicyclic) bond motifs is 1. The Bertz CT molecular complexity index is 1350. The van der Waals surface area contributed by atoms with E-state index in [0.717, 1.165) is 49.8 Å². The summed E-state index contributed by atoms with van der Waals surface area (Å²) in [6.45, 7) is 1.33. The highest BCUT2D eigenvalue weighted by Gasteiger charge is 2.40. The van der Waals surface area contributed by atoms with Crippen LogP contribution in [0.1, 0.15) is 29.5 Å². The zero-order valence-electron chi connectivity index (χ0n) is 18.3. The van der Waals surface area contributed by atoms with Crippen molar-refractivity contribution in [2.75, 3.05) is 13.1 Å². The molecule has 2 aromatic carbocycles. The maximum atomic E-state index is 13.4. The summed E-state index contributed by atoms with van der Waals surface area (Å²) in [6.07, 6.45) is -0.0828. The number of piperidine rings is 1. The Morgan fingerprint density at radius 3 is 2.63 bits per heavy atom. The van der Waals surface area contributed by atoms with Gasteiger partial charge in [0.15, 0.2) is 0 Å². The van der Waals surface area contributed by atoms with E-state index >= 15 is 0 Å². The fourth-order valence-corrected chi connectivity index (χ4v) is 5.34. The maximum Gasteiger partial charge on any atom is 0.416 e. The van der Waals surface area contributed by atoms with Crippen LogP contribution in [0.4, 0.5) is 22.4 Å². The molecule has 6 nitrogen and oxygen atoms in total. The SMILES string of the molecule is O=C1S/C(=C\c2ccc3c(cnn3Cc3ccc(F)cc3C(F)(F)F)c2)C(=O)N1C1CCNCC1. The first kappa shape index (κ1) is 23.6. The number of carbonyl (C=O) groups is 2. The summed E-state index contributed by atoms with van der Waals surface area (Å²) in [5.74, 6) is -1.26. The zero-order chi connectivity index (χ0) is 24.7. The summed E-state index contributed by atoms with van der Waals surface area (Å²) < 4.78 is 54.9. The lowest BCUT2D eigenvalue weighted by Gasteiger charge is -2.29. The minimum Gasteiger partial charge on any atom is -0.317 e. The molecule has 2 fully saturated rings. The molecule has 3 heterocycles. The predicted octanol–water partition coefficient (Wildman–Crippen LogP) is 5.03. The van der Waals surface area contributed by atoms with E-state index in [1.165, 1.54) is 15.8 Å². The molecular weight excluding hydrogens is 484 g/mol. The summed E-state index contributed by atoms with van der Waals surface area (Å²) in [6, 6.07) is 7.64. The van der Waals surface area contributed by atoms with Crippen LogP contribution in [-0.4, -0.2) is 45.0 Å². The van der Waals surface area contributed by atoms with Crippen molar-refractivity contribution >= 4 is 39.9 Å². The van der Waals surface area contributed by atoms with Crippen LogP contribution in [0.2, 0.25) is 0 Å². The minimum atomic E-state index is -4.69. The van der Waals surface area contributed by atoms with Crippen molar-refractivity contribution in [1.29, 1.82) is 0 Å². The molecule has 182 valence electrons. The highest BCUT2D eigenvalue weighted by Crippen LogP contribution is 2.36. The minimum absolute atomic E-state index is 0.0976. The van der Waals surface area contributed by atoms with E-state index < -0.39 is 17.6 Å². The number of aromatic nitrogens is 2. The average Bonchev–Trinajstić information content (AvgIpc) is 3.34. The number of halogens is 4. The van der Waals surface area contributed by atoms with Gasteiger partial charge in [-0.3, -0.25) is 19.2 Å². The van der Waals surface area contributed by atoms with Crippen LogP contribution < -0.4 is 5.32 Å². The quantitative estimate of drug-likeness (QED) is 0.399. The van der Waals surface area contributed by atoms with Crippen LogP contribution in [-0.2, 0) is 17.5 Å². The number of alkyl halides is 3. The van der Waals surface area contributed by atoms with Crippen molar-refractivity contribution in [3.05, 3.63) is 70.0 Å². The van der Waals surface area contributed by atoms with Gasteiger partial charge in [0.2, 0.25) is 0 Å². The van der Waals surface area contributed by atoms with Gasteiger partial charge in [-0.1, -0.05) is 12.1 Å². The molecule has 0 saturated carbocycles. The van der Waals surface area contributed by atoms with Gasteiger partial charge in [0.05, 0.1) is 28.7 Å². The first-order valence-corrected chi connectivity index (χ1v) is 11.8. The van der Waals surface area contributed by atoms with Gasteiger partial charge in [0, 0.05) is 11.4 Å². The maximum absolute atomic E-state index is 13.4. The number of hydrogen-bond acceptors (Lipinski definition) is 5. The van der Waals surface area contributed by atoms with Gasteiger partial charge in [-0.25, -0.2) is 4.39 Å².